The van der Waals surface area contributed by atoms with E-state index in [0.717, 1.165) is 33.7 Å². The third-order valence-corrected chi connectivity index (χ3v) is 5.21. The molecule has 0 aliphatic carbocycles. The summed E-state index contributed by atoms with van der Waals surface area (Å²) >= 11 is 0. The van der Waals surface area contributed by atoms with Gasteiger partial charge >= 0.3 is 0 Å². The number of aromatic amines is 1. The fraction of sp³-hybridized carbons (Fsp3) is 0.136. The molecule has 1 aliphatic heterocycles. The highest BCUT2D eigenvalue weighted by molar-refractivity contribution is 5.93. The van der Waals surface area contributed by atoms with E-state index >= 15 is 0 Å². The van der Waals surface area contributed by atoms with Crippen LogP contribution in [0.4, 0.5) is 5.82 Å². The van der Waals surface area contributed by atoms with Gasteiger partial charge < -0.3 is 15.2 Å². The third kappa shape index (κ3) is 3.16. The summed E-state index contributed by atoms with van der Waals surface area (Å²) in [6.45, 7) is 0.999. The maximum absolute atomic E-state index is 12.7. The lowest BCUT2D eigenvalue weighted by molar-refractivity contribution is 0.0723. The first kappa shape index (κ1) is 17.2. The molecule has 2 aromatic heterocycles. The molecule has 7 nitrogen and oxygen atoms in total. The number of amides is 1. The minimum absolute atomic E-state index is 0.133. The summed E-state index contributed by atoms with van der Waals surface area (Å²) in [4.78, 5) is 14.5. The normalized spacial score (nSPS) is 13.3. The number of benzene rings is 2. The molecule has 0 saturated heterocycles. The molecule has 0 fully saturated rings. The van der Waals surface area contributed by atoms with E-state index in [1.54, 1.807) is 11.0 Å². The van der Waals surface area contributed by atoms with Gasteiger partial charge in [0.15, 0.2) is 0 Å². The number of rotatable bonds is 3. The highest BCUT2D eigenvalue weighted by Gasteiger charge is 2.28. The van der Waals surface area contributed by atoms with E-state index in [1.807, 2.05) is 30.3 Å². The van der Waals surface area contributed by atoms with E-state index in [-0.39, 0.29) is 5.91 Å². The Balaban J connectivity index is 1.41. The summed E-state index contributed by atoms with van der Waals surface area (Å²) in [5, 5.41) is 10.8. The summed E-state index contributed by atoms with van der Waals surface area (Å²) in [5.41, 5.74) is 11.0. The molecule has 0 saturated carbocycles. The van der Waals surface area contributed by atoms with Crippen LogP contribution in [-0.4, -0.2) is 32.7 Å². The van der Waals surface area contributed by atoms with Gasteiger partial charge in [-0.1, -0.05) is 59.8 Å². The van der Waals surface area contributed by atoms with Crippen LogP contribution in [0.15, 0.2) is 65.2 Å². The summed E-state index contributed by atoms with van der Waals surface area (Å²) < 4.78 is 5.57. The van der Waals surface area contributed by atoms with Crippen molar-refractivity contribution in [2.75, 3.05) is 12.3 Å². The SMILES string of the molecule is Nc1cc(C(=O)N2CCc3onc(-c4ccc(-c5ccccc5)cc4)c3C2)[nH]n1. The van der Waals surface area contributed by atoms with Crippen molar-refractivity contribution in [2.45, 2.75) is 13.0 Å². The summed E-state index contributed by atoms with van der Waals surface area (Å²) in [6.07, 6.45) is 0.625. The van der Waals surface area contributed by atoms with Crippen molar-refractivity contribution in [3.8, 4) is 22.4 Å². The van der Waals surface area contributed by atoms with E-state index in [2.05, 4.69) is 39.6 Å². The first-order valence-electron chi connectivity index (χ1n) is 9.42. The molecule has 2 aromatic carbocycles. The van der Waals surface area contributed by atoms with Gasteiger partial charge in [-0.05, 0) is 11.1 Å². The van der Waals surface area contributed by atoms with Gasteiger partial charge in [-0.2, -0.15) is 5.10 Å². The number of H-pyrrole nitrogens is 1. The lowest BCUT2D eigenvalue weighted by Gasteiger charge is -2.25. The molecule has 144 valence electrons. The molecule has 0 radical (unpaired) electrons. The van der Waals surface area contributed by atoms with Crippen LogP contribution in [0.2, 0.25) is 0 Å². The number of hydrogen-bond acceptors (Lipinski definition) is 5. The molecule has 7 heteroatoms. The van der Waals surface area contributed by atoms with Crippen LogP contribution < -0.4 is 5.73 Å². The zero-order valence-corrected chi connectivity index (χ0v) is 15.6. The lowest BCUT2D eigenvalue weighted by Crippen LogP contribution is -2.35. The predicted molar refractivity (Wildman–Crippen MR) is 109 cm³/mol. The third-order valence-electron chi connectivity index (χ3n) is 5.21. The quantitative estimate of drug-likeness (QED) is 0.562. The maximum atomic E-state index is 12.7. The molecule has 4 aromatic rings. The van der Waals surface area contributed by atoms with Gasteiger partial charge in [0.05, 0.1) is 6.54 Å². The van der Waals surface area contributed by atoms with Crippen molar-refractivity contribution >= 4 is 11.7 Å². The predicted octanol–water partition coefficient (Wildman–Crippen LogP) is 3.51. The van der Waals surface area contributed by atoms with Gasteiger partial charge in [0.2, 0.25) is 0 Å². The van der Waals surface area contributed by atoms with Gasteiger partial charge in [0.25, 0.3) is 5.91 Å². The van der Waals surface area contributed by atoms with Gasteiger partial charge in [-0.15, -0.1) is 0 Å². The van der Waals surface area contributed by atoms with Crippen LogP contribution in [0.5, 0.6) is 0 Å². The molecule has 0 unspecified atom stereocenters. The Morgan fingerprint density at radius 2 is 1.76 bits per heavy atom. The number of hydrogen-bond donors (Lipinski definition) is 2. The number of anilines is 1. The number of nitrogen functional groups attached to an aromatic ring is 1. The van der Waals surface area contributed by atoms with Crippen molar-refractivity contribution in [3.63, 3.8) is 0 Å². The van der Waals surface area contributed by atoms with E-state index < -0.39 is 0 Å². The van der Waals surface area contributed by atoms with E-state index in [4.69, 9.17) is 10.3 Å². The van der Waals surface area contributed by atoms with Crippen molar-refractivity contribution in [3.05, 3.63) is 77.7 Å². The molecule has 0 bridgehead atoms. The van der Waals surface area contributed by atoms with Gasteiger partial charge in [0, 0.05) is 30.2 Å². The zero-order valence-electron chi connectivity index (χ0n) is 15.6. The highest BCUT2D eigenvalue weighted by Crippen LogP contribution is 2.32. The fourth-order valence-electron chi connectivity index (χ4n) is 3.68. The van der Waals surface area contributed by atoms with Crippen LogP contribution >= 0.6 is 0 Å². The van der Waals surface area contributed by atoms with Crippen LogP contribution in [-0.2, 0) is 13.0 Å². The van der Waals surface area contributed by atoms with Crippen LogP contribution in [0, 0.1) is 0 Å². The van der Waals surface area contributed by atoms with Gasteiger partial charge in [-0.3, -0.25) is 9.89 Å². The second kappa shape index (κ2) is 6.94. The minimum atomic E-state index is -0.133. The number of carbonyl (C=O) groups excluding carboxylic acids is 1. The molecule has 0 atom stereocenters. The van der Waals surface area contributed by atoms with Crippen molar-refractivity contribution in [2.24, 2.45) is 0 Å². The van der Waals surface area contributed by atoms with Crippen molar-refractivity contribution in [1.29, 1.82) is 0 Å². The Morgan fingerprint density at radius 1 is 1.03 bits per heavy atom. The van der Waals surface area contributed by atoms with Crippen LogP contribution in [0.1, 0.15) is 21.8 Å². The molecule has 1 amide bonds. The van der Waals surface area contributed by atoms with Crippen LogP contribution in [0.25, 0.3) is 22.4 Å². The fourth-order valence-corrected chi connectivity index (χ4v) is 3.68. The van der Waals surface area contributed by atoms with E-state index in [9.17, 15) is 4.79 Å². The monoisotopic (exact) mass is 385 g/mol. The van der Waals surface area contributed by atoms with Gasteiger partial charge in [0.1, 0.15) is 23.0 Å². The Hall–Kier alpha value is -3.87. The second-order valence-corrected chi connectivity index (χ2v) is 7.06. The summed E-state index contributed by atoms with van der Waals surface area (Å²) in [6, 6.07) is 20.0. The smallest absolute Gasteiger partial charge is 0.272 e. The summed E-state index contributed by atoms with van der Waals surface area (Å²) in [5.74, 6) is 1.00. The molecular formula is C22H19N5O2. The Morgan fingerprint density at radius 3 is 2.48 bits per heavy atom. The average molecular weight is 385 g/mol. The minimum Gasteiger partial charge on any atom is -0.382 e. The Bertz CT molecular complexity index is 1160. The van der Waals surface area contributed by atoms with E-state index in [1.165, 1.54) is 0 Å². The molecule has 5 rings (SSSR count). The molecule has 0 spiro atoms. The molecule has 3 heterocycles. The molecule has 1 aliphatic rings. The highest BCUT2D eigenvalue weighted by atomic mass is 16.5. The van der Waals surface area contributed by atoms with Crippen LogP contribution in [0.3, 0.4) is 0 Å². The van der Waals surface area contributed by atoms with Crippen molar-refractivity contribution in [1.82, 2.24) is 20.3 Å². The van der Waals surface area contributed by atoms with Crippen molar-refractivity contribution < 1.29 is 9.32 Å². The maximum Gasteiger partial charge on any atom is 0.272 e. The molecule has 3 N–H and O–H groups in total. The molecular weight excluding hydrogens is 366 g/mol. The number of aromatic nitrogens is 3. The van der Waals surface area contributed by atoms with E-state index in [0.29, 0.717) is 31.0 Å². The standard InChI is InChI=1S/C22H19N5O2/c23-20-12-18(24-25-20)22(28)27-11-10-19-17(13-27)21(26-29-19)16-8-6-15(7-9-16)14-4-2-1-3-5-14/h1-9,12H,10-11,13H2,(H3,23,24,25). The summed E-state index contributed by atoms with van der Waals surface area (Å²) in [7, 11) is 0. The number of nitrogens with one attached hydrogen (secondary N) is 1. The second-order valence-electron chi connectivity index (χ2n) is 7.06. The number of nitrogens with two attached hydrogens (primary N) is 1. The number of carbonyl (C=O) groups is 1. The Labute approximate surface area is 167 Å². The molecule has 29 heavy (non-hydrogen) atoms. The largest absolute Gasteiger partial charge is 0.382 e. The first-order chi connectivity index (χ1) is 14.2. The number of nitrogens with zero attached hydrogens (tertiary/aromatic N) is 3. The number of fused-ring (bicyclic) bond motifs is 1. The topological polar surface area (TPSA) is 101 Å². The Kier molecular flexibility index (Phi) is 4.13. The lowest BCUT2D eigenvalue weighted by atomic mass is 9.98. The zero-order chi connectivity index (χ0) is 19.8. The van der Waals surface area contributed by atoms with Gasteiger partial charge in [-0.25, -0.2) is 0 Å². The average Bonchev–Trinajstić information content (AvgIpc) is 3.40. The first-order valence-corrected chi connectivity index (χ1v) is 9.42.